The van der Waals surface area contributed by atoms with Gasteiger partial charge in [0.2, 0.25) is 0 Å². The topological polar surface area (TPSA) is 38.3 Å². The van der Waals surface area contributed by atoms with Gasteiger partial charge in [0.1, 0.15) is 5.54 Å². The normalized spacial score (nSPS) is 25.1. The number of carbonyl (C=O) groups is 1. The van der Waals surface area contributed by atoms with E-state index in [1.165, 1.54) is 17.7 Å². The first-order chi connectivity index (χ1) is 9.76. The molecule has 1 heterocycles. The van der Waals surface area contributed by atoms with Gasteiger partial charge in [0.15, 0.2) is 0 Å². The van der Waals surface area contributed by atoms with Crippen LogP contribution in [0.25, 0.3) is 0 Å². The van der Waals surface area contributed by atoms with Crippen molar-refractivity contribution in [2.75, 3.05) is 18.9 Å². The van der Waals surface area contributed by atoms with Crippen molar-refractivity contribution >= 4 is 17.7 Å². The Morgan fingerprint density at radius 1 is 1.45 bits per heavy atom. The van der Waals surface area contributed by atoms with Gasteiger partial charge in [0, 0.05) is 10.6 Å². The number of thioether (sulfide) groups is 1. The molecular formula is C16H21NO2S. The first kappa shape index (κ1) is 14.0. The van der Waals surface area contributed by atoms with Crippen molar-refractivity contribution < 1.29 is 9.53 Å². The Morgan fingerprint density at radius 3 is 3.00 bits per heavy atom. The van der Waals surface area contributed by atoms with Gasteiger partial charge in [-0.25, -0.2) is 4.79 Å². The summed E-state index contributed by atoms with van der Waals surface area (Å²) < 4.78 is 5.38. The largest absolute Gasteiger partial charge is 0.464 e. The Kier molecular flexibility index (Phi) is 4.03. The molecular weight excluding hydrogens is 270 g/mol. The molecule has 0 saturated heterocycles. The van der Waals surface area contributed by atoms with E-state index in [2.05, 4.69) is 17.4 Å². The molecule has 0 radical (unpaired) electrons. The molecule has 108 valence electrons. The summed E-state index contributed by atoms with van der Waals surface area (Å²) in [6.07, 6.45) is 3.37. The van der Waals surface area contributed by atoms with Crippen LogP contribution >= 0.6 is 11.8 Å². The summed E-state index contributed by atoms with van der Waals surface area (Å²) in [6, 6.07) is 8.22. The van der Waals surface area contributed by atoms with Crippen LogP contribution in [0.4, 0.5) is 0 Å². The summed E-state index contributed by atoms with van der Waals surface area (Å²) >= 11 is 1.83. The molecule has 0 bridgehead atoms. The van der Waals surface area contributed by atoms with Crippen molar-refractivity contribution in [2.45, 2.75) is 36.6 Å². The number of nitrogens with one attached hydrogen (secondary N) is 1. The minimum Gasteiger partial charge on any atom is -0.464 e. The zero-order valence-electron chi connectivity index (χ0n) is 11.9. The maximum absolute atomic E-state index is 12.6. The van der Waals surface area contributed by atoms with Gasteiger partial charge in [-0.1, -0.05) is 18.2 Å². The fourth-order valence-electron chi connectivity index (χ4n) is 2.76. The second-order valence-corrected chi connectivity index (χ2v) is 6.68. The van der Waals surface area contributed by atoms with Crippen LogP contribution in [-0.2, 0) is 15.1 Å². The van der Waals surface area contributed by atoms with Crippen LogP contribution in [0.1, 0.15) is 31.7 Å². The average molecular weight is 291 g/mol. The Morgan fingerprint density at radius 2 is 2.25 bits per heavy atom. The zero-order chi connectivity index (χ0) is 14.0. The van der Waals surface area contributed by atoms with E-state index in [9.17, 15) is 4.79 Å². The number of rotatable bonds is 5. The molecule has 2 aliphatic rings. The highest BCUT2D eigenvalue weighted by molar-refractivity contribution is 7.99. The third-order valence-electron chi connectivity index (χ3n) is 4.09. The highest BCUT2D eigenvalue weighted by Crippen LogP contribution is 2.42. The SMILES string of the molecule is CCOC(=O)C1(NCC2CC2)CCSc2ccccc21. The van der Waals surface area contributed by atoms with E-state index in [0.29, 0.717) is 6.61 Å². The third-order valence-corrected chi connectivity index (χ3v) is 5.17. The van der Waals surface area contributed by atoms with Gasteiger partial charge in [-0.05, 0) is 50.3 Å². The molecule has 20 heavy (non-hydrogen) atoms. The van der Waals surface area contributed by atoms with Crippen LogP contribution in [-0.4, -0.2) is 24.9 Å². The molecule has 3 rings (SSSR count). The van der Waals surface area contributed by atoms with E-state index in [1.807, 2.05) is 30.8 Å². The standard InChI is InChI=1S/C16H21NO2S/c1-2-19-15(18)16(17-11-12-7-8-12)9-10-20-14-6-4-3-5-13(14)16/h3-6,12,17H,2,7-11H2,1H3. The molecule has 1 saturated carbocycles. The highest BCUT2D eigenvalue weighted by Gasteiger charge is 2.45. The smallest absolute Gasteiger partial charge is 0.331 e. The fraction of sp³-hybridized carbons (Fsp3) is 0.562. The van der Waals surface area contributed by atoms with E-state index >= 15 is 0 Å². The minimum absolute atomic E-state index is 0.117. The Labute approximate surface area is 124 Å². The summed E-state index contributed by atoms with van der Waals surface area (Å²) in [5.74, 6) is 1.57. The summed E-state index contributed by atoms with van der Waals surface area (Å²) in [4.78, 5) is 13.8. The van der Waals surface area contributed by atoms with E-state index in [0.717, 1.165) is 30.2 Å². The predicted octanol–water partition coefficient (Wildman–Crippen LogP) is 2.94. The first-order valence-corrected chi connectivity index (χ1v) is 8.39. The first-order valence-electron chi connectivity index (χ1n) is 7.41. The molecule has 3 nitrogen and oxygen atoms in total. The Bertz CT molecular complexity index is 501. The number of hydrogen-bond donors (Lipinski definition) is 1. The quantitative estimate of drug-likeness (QED) is 0.847. The molecule has 1 atom stereocenters. The highest BCUT2D eigenvalue weighted by atomic mass is 32.2. The van der Waals surface area contributed by atoms with Crippen LogP contribution in [0.3, 0.4) is 0 Å². The van der Waals surface area contributed by atoms with E-state index < -0.39 is 5.54 Å². The lowest BCUT2D eigenvalue weighted by Gasteiger charge is -2.37. The van der Waals surface area contributed by atoms with Crippen LogP contribution in [0.2, 0.25) is 0 Å². The number of benzene rings is 1. The van der Waals surface area contributed by atoms with Crippen molar-refractivity contribution in [1.82, 2.24) is 5.32 Å². The number of esters is 1. The van der Waals surface area contributed by atoms with Gasteiger partial charge in [0.05, 0.1) is 6.61 Å². The Hall–Kier alpha value is -1.00. The number of ether oxygens (including phenoxy) is 1. The van der Waals surface area contributed by atoms with Crippen LogP contribution in [0, 0.1) is 5.92 Å². The monoisotopic (exact) mass is 291 g/mol. The maximum atomic E-state index is 12.6. The second-order valence-electron chi connectivity index (χ2n) is 5.54. The number of carbonyl (C=O) groups excluding carboxylic acids is 1. The van der Waals surface area contributed by atoms with Crippen LogP contribution < -0.4 is 5.32 Å². The van der Waals surface area contributed by atoms with Crippen molar-refractivity contribution in [3.63, 3.8) is 0 Å². The van der Waals surface area contributed by atoms with Crippen LogP contribution in [0.15, 0.2) is 29.2 Å². The molecule has 1 aromatic carbocycles. The molecule has 4 heteroatoms. The van der Waals surface area contributed by atoms with E-state index in [4.69, 9.17) is 4.74 Å². The number of fused-ring (bicyclic) bond motifs is 1. The molecule has 1 fully saturated rings. The number of hydrogen-bond acceptors (Lipinski definition) is 4. The molecule has 1 N–H and O–H groups in total. The summed E-state index contributed by atoms with van der Waals surface area (Å²) in [6.45, 7) is 3.22. The minimum atomic E-state index is -0.638. The van der Waals surface area contributed by atoms with E-state index in [-0.39, 0.29) is 5.97 Å². The van der Waals surface area contributed by atoms with Crippen molar-refractivity contribution in [3.8, 4) is 0 Å². The summed E-state index contributed by atoms with van der Waals surface area (Å²) in [5.41, 5.74) is 0.454. The van der Waals surface area contributed by atoms with Crippen molar-refractivity contribution in [3.05, 3.63) is 29.8 Å². The van der Waals surface area contributed by atoms with Gasteiger partial charge >= 0.3 is 5.97 Å². The lowest BCUT2D eigenvalue weighted by Crippen LogP contribution is -2.52. The van der Waals surface area contributed by atoms with E-state index in [1.54, 1.807) is 0 Å². The lowest BCUT2D eigenvalue weighted by molar-refractivity contribution is -0.152. The van der Waals surface area contributed by atoms with Gasteiger partial charge in [0.25, 0.3) is 0 Å². The van der Waals surface area contributed by atoms with Gasteiger partial charge in [-0.3, -0.25) is 5.32 Å². The summed E-state index contributed by atoms with van der Waals surface area (Å²) in [5, 5.41) is 3.55. The van der Waals surface area contributed by atoms with Crippen molar-refractivity contribution in [1.29, 1.82) is 0 Å². The summed E-state index contributed by atoms with van der Waals surface area (Å²) in [7, 11) is 0. The second kappa shape index (κ2) is 5.78. The van der Waals surface area contributed by atoms with Gasteiger partial charge in [-0.15, -0.1) is 11.8 Å². The predicted molar refractivity (Wildman–Crippen MR) is 80.8 cm³/mol. The maximum Gasteiger partial charge on any atom is 0.331 e. The zero-order valence-corrected chi connectivity index (χ0v) is 12.7. The molecule has 0 spiro atoms. The van der Waals surface area contributed by atoms with Gasteiger partial charge in [-0.2, -0.15) is 0 Å². The molecule has 1 unspecified atom stereocenters. The average Bonchev–Trinajstić information content (AvgIpc) is 3.29. The molecule has 0 aromatic heterocycles. The fourth-order valence-corrected chi connectivity index (χ4v) is 3.96. The molecule has 1 aliphatic carbocycles. The molecule has 1 aliphatic heterocycles. The van der Waals surface area contributed by atoms with Crippen LogP contribution in [0.5, 0.6) is 0 Å². The van der Waals surface area contributed by atoms with Crippen molar-refractivity contribution in [2.24, 2.45) is 5.92 Å². The third kappa shape index (κ3) is 2.59. The van der Waals surface area contributed by atoms with Gasteiger partial charge < -0.3 is 4.74 Å². The lowest BCUT2D eigenvalue weighted by atomic mass is 9.86. The molecule has 0 amide bonds. The molecule has 1 aromatic rings. The Balaban J connectivity index is 1.94.